The van der Waals surface area contributed by atoms with Gasteiger partial charge in [0.25, 0.3) is 0 Å². The second-order valence-corrected chi connectivity index (χ2v) is 4.92. The summed E-state index contributed by atoms with van der Waals surface area (Å²) in [6, 6.07) is 3.88. The smallest absolute Gasteiger partial charge is 0.180 e. The van der Waals surface area contributed by atoms with E-state index in [4.69, 9.17) is 0 Å². The van der Waals surface area contributed by atoms with E-state index >= 15 is 0 Å². The Balaban J connectivity index is 2.16. The molecule has 2 nitrogen and oxygen atoms in total. The molecule has 1 aliphatic rings. The van der Waals surface area contributed by atoms with Crippen LogP contribution >= 0.6 is 11.3 Å². The summed E-state index contributed by atoms with van der Waals surface area (Å²) in [6.45, 7) is 0.823. The quantitative estimate of drug-likeness (QED) is 0.771. The molecule has 0 radical (unpaired) electrons. The van der Waals surface area contributed by atoms with E-state index < -0.39 is 0 Å². The van der Waals surface area contributed by atoms with Crippen LogP contribution in [0.4, 0.5) is 0 Å². The highest BCUT2D eigenvalue weighted by molar-refractivity contribution is 7.12. The van der Waals surface area contributed by atoms with Gasteiger partial charge in [0.05, 0.1) is 4.88 Å². The van der Waals surface area contributed by atoms with Gasteiger partial charge in [-0.25, -0.2) is 0 Å². The minimum atomic E-state index is -0.0837. The first-order chi connectivity index (χ1) is 6.78. The van der Waals surface area contributed by atoms with Crippen LogP contribution in [0.25, 0.3) is 0 Å². The second kappa shape index (κ2) is 3.83. The molecule has 1 aliphatic carbocycles. The first-order valence-electron chi connectivity index (χ1n) is 5.01. The van der Waals surface area contributed by atoms with Crippen molar-refractivity contribution >= 4 is 17.1 Å². The molecule has 76 valence electrons. The average Bonchev–Trinajstić information content (AvgIpc) is 2.62. The van der Waals surface area contributed by atoms with Crippen molar-refractivity contribution in [3.8, 4) is 0 Å². The van der Waals surface area contributed by atoms with E-state index in [-0.39, 0.29) is 5.41 Å². The van der Waals surface area contributed by atoms with Crippen LogP contribution < -0.4 is 5.32 Å². The first-order valence-corrected chi connectivity index (χ1v) is 5.89. The van der Waals surface area contributed by atoms with Crippen molar-refractivity contribution in [2.24, 2.45) is 5.41 Å². The van der Waals surface area contributed by atoms with Crippen molar-refractivity contribution in [2.45, 2.75) is 19.3 Å². The molecule has 0 saturated heterocycles. The molecule has 1 heterocycles. The predicted octanol–water partition coefficient (Wildman–Crippen LogP) is 2.32. The molecule has 0 unspecified atom stereocenters. The number of hydrogen-bond acceptors (Lipinski definition) is 3. The van der Waals surface area contributed by atoms with Crippen LogP contribution in [0.2, 0.25) is 0 Å². The molecule has 2 rings (SSSR count). The van der Waals surface area contributed by atoms with Crippen LogP contribution in [0.15, 0.2) is 17.5 Å². The molecule has 0 bridgehead atoms. The Labute approximate surface area is 88.3 Å². The van der Waals surface area contributed by atoms with Gasteiger partial charge in [0.15, 0.2) is 5.78 Å². The predicted molar refractivity (Wildman–Crippen MR) is 58.9 cm³/mol. The van der Waals surface area contributed by atoms with Gasteiger partial charge in [0, 0.05) is 12.0 Å². The maximum Gasteiger partial charge on any atom is 0.180 e. The summed E-state index contributed by atoms with van der Waals surface area (Å²) in [5.74, 6) is 0.341. The summed E-state index contributed by atoms with van der Waals surface area (Å²) in [7, 11) is 1.92. The number of Topliss-reactive ketones (excluding diaryl/α,β-unsaturated/α-hetero) is 1. The van der Waals surface area contributed by atoms with Gasteiger partial charge in [0.2, 0.25) is 0 Å². The maximum atomic E-state index is 12.2. The lowest BCUT2D eigenvalue weighted by Gasteiger charge is -2.39. The number of carbonyl (C=O) groups is 1. The molecule has 1 saturated carbocycles. The third kappa shape index (κ3) is 1.51. The highest BCUT2D eigenvalue weighted by Crippen LogP contribution is 2.43. The van der Waals surface area contributed by atoms with Crippen LogP contribution in [0.3, 0.4) is 0 Å². The van der Waals surface area contributed by atoms with Gasteiger partial charge in [-0.2, -0.15) is 0 Å². The van der Waals surface area contributed by atoms with Gasteiger partial charge < -0.3 is 5.32 Å². The van der Waals surface area contributed by atoms with Gasteiger partial charge in [-0.15, -0.1) is 11.3 Å². The zero-order chi connectivity index (χ0) is 10.0. The molecule has 1 aromatic rings. The summed E-state index contributed by atoms with van der Waals surface area (Å²) >= 11 is 1.56. The molecule has 0 spiro atoms. The zero-order valence-corrected chi connectivity index (χ0v) is 9.19. The van der Waals surface area contributed by atoms with Gasteiger partial charge in [0.1, 0.15) is 0 Å². The topological polar surface area (TPSA) is 29.1 Å². The Morgan fingerprint density at radius 3 is 2.86 bits per heavy atom. The van der Waals surface area contributed by atoms with Gasteiger partial charge in [-0.1, -0.05) is 12.5 Å². The van der Waals surface area contributed by atoms with Crippen molar-refractivity contribution in [1.29, 1.82) is 0 Å². The number of carbonyl (C=O) groups excluding carboxylic acids is 1. The lowest BCUT2D eigenvalue weighted by Crippen LogP contribution is -2.45. The Morgan fingerprint density at radius 1 is 1.64 bits per heavy atom. The van der Waals surface area contributed by atoms with Crippen molar-refractivity contribution in [3.05, 3.63) is 22.4 Å². The van der Waals surface area contributed by atoms with Crippen LogP contribution in [0.1, 0.15) is 28.9 Å². The highest BCUT2D eigenvalue weighted by Gasteiger charge is 2.43. The molecular weight excluding hydrogens is 194 g/mol. The lowest BCUT2D eigenvalue weighted by molar-refractivity contribution is 0.0619. The fourth-order valence-electron chi connectivity index (χ4n) is 2.10. The Hall–Kier alpha value is -0.670. The largest absolute Gasteiger partial charge is 0.319 e. The van der Waals surface area contributed by atoms with E-state index in [2.05, 4.69) is 5.32 Å². The molecule has 0 aromatic carbocycles. The molecule has 1 N–H and O–H groups in total. The van der Waals surface area contributed by atoms with E-state index in [0.717, 1.165) is 24.3 Å². The van der Waals surface area contributed by atoms with Crippen molar-refractivity contribution in [2.75, 3.05) is 13.6 Å². The van der Waals surface area contributed by atoms with Crippen LogP contribution in [-0.2, 0) is 0 Å². The zero-order valence-electron chi connectivity index (χ0n) is 8.38. The maximum absolute atomic E-state index is 12.2. The van der Waals surface area contributed by atoms with Gasteiger partial charge >= 0.3 is 0 Å². The normalized spacial score (nSPS) is 18.9. The third-order valence-corrected chi connectivity index (χ3v) is 3.92. The molecule has 3 heteroatoms. The average molecular weight is 209 g/mol. The summed E-state index contributed by atoms with van der Waals surface area (Å²) in [4.78, 5) is 13.1. The monoisotopic (exact) mass is 209 g/mol. The minimum Gasteiger partial charge on any atom is -0.319 e. The fraction of sp³-hybridized carbons (Fsp3) is 0.545. The Kier molecular flexibility index (Phi) is 2.70. The summed E-state index contributed by atoms with van der Waals surface area (Å²) in [5.41, 5.74) is -0.0837. The summed E-state index contributed by atoms with van der Waals surface area (Å²) in [6.07, 6.45) is 3.29. The van der Waals surface area contributed by atoms with E-state index in [0.29, 0.717) is 5.78 Å². The summed E-state index contributed by atoms with van der Waals surface area (Å²) < 4.78 is 0. The molecular formula is C11H15NOS. The molecule has 1 fully saturated rings. The SMILES string of the molecule is CNCC1(C(=O)c2cccs2)CCC1. The Bertz CT molecular complexity index is 314. The number of ketones is 1. The second-order valence-electron chi connectivity index (χ2n) is 3.97. The van der Waals surface area contributed by atoms with Gasteiger partial charge in [-0.3, -0.25) is 4.79 Å². The highest BCUT2D eigenvalue weighted by atomic mass is 32.1. The Morgan fingerprint density at radius 2 is 2.43 bits per heavy atom. The third-order valence-electron chi connectivity index (χ3n) is 3.05. The fourth-order valence-corrected chi connectivity index (χ4v) is 2.88. The number of nitrogens with one attached hydrogen (secondary N) is 1. The molecule has 0 atom stereocenters. The molecule has 14 heavy (non-hydrogen) atoms. The lowest BCUT2D eigenvalue weighted by atomic mass is 9.65. The number of thiophene rings is 1. The van der Waals surface area contributed by atoms with E-state index in [1.54, 1.807) is 11.3 Å². The van der Waals surface area contributed by atoms with Crippen molar-refractivity contribution in [1.82, 2.24) is 5.32 Å². The van der Waals surface area contributed by atoms with Crippen molar-refractivity contribution < 1.29 is 4.79 Å². The molecule has 1 aromatic heterocycles. The number of hydrogen-bond donors (Lipinski definition) is 1. The van der Waals surface area contributed by atoms with Crippen LogP contribution in [0, 0.1) is 5.41 Å². The standard InChI is InChI=1S/C11H15NOS/c1-12-8-11(5-3-6-11)10(13)9-4-2-7-14-9/h2,4,7,12H,3,5-6,8H2,1H3. The van der Waals surface area contributed by atoms with Crippen molar-refractivity contribution in [3.63, 3.8) is 0 Å². The van der Waals surface area contributed by atoms with Crippen LogP contribution in [0.5, 0.6) is 0 Å². The van der Waals surface area contributed by atoms with E-state index in [9.17, 15) is 4.79 Å². The van der Waals surface area contributed by atoms with E-state index in [1.165, 1.54) is 6.42 Å². The number of rotatable bonds is 4. The molecule has 0 amide bonds. The first kappa shape index (κ1) is 9.87. The van der Waals surface area contributed by atoms with Gasteiger partial charge in [-0.05, 0) is 31.3 Å². The van der Waals surface area contributed by atoms with E-state index in [1.807, 2.05) is 24.6 Å². The minimum absolute atomic E-state index is 0.0837. The van der Waals surface area contributed by atoms with Crippen LogP contribution in [-0.4, -0.2) is 19.4 Å². The summed E-state index contributed by atoms with van der Waals surface area (Å²) in [5, 5.41) is 5.11. The molecule has 0 aliphatic heterocycles.